The van der Waals surface area contributed by atoms with Gasteiger partial charge >= 0.3 is 5.97 Å². The molecule has 9 nitrogen and oxygen atoms in total. The third-order valence-electron chi connectivity index (χ3n) is 5.07. The summed E-state index contributed by atoms with van der Waals surface area (Å²) in [6, 6.07) is 5.40. The molecule has 10 heteroatoms. The smallest absolute Gasteiger partial charge is 0.340 e. The van der Waals surface area contributed by atoms with E-state index in [2.05, 4.69) is 0 Å². The monoisotopic (exact) mass is 423 g/mol. The van der Waals surface area contributed by atoms with Crippen molar-refractivity contribution in [3.63, 3.8) is 0 Å². The van der Waals surface area contributed by atoms with E-state index in [-0.39, 0.29) is 38.7 Å². The number of nitrogens with zero attached hydrogens (tertiary/aromatic N) is 3. The molecule has 0 spiro atoms. The number of amides is 1. The number of rotatable bonds is 6. The van der Waals surface area contributed by atoms with Crippen molar-refractivity contribution in [3.05, 3.63) is 47.2 Å². The topological polar surface area (TPSA) is 102 Å². The van der Waals surface area contributed by atoms with Crippen molar-refractivity contribution in [1.82, 2.24) is 13.8 Å². The summed E-state index contributed by atoms with van der Waals surface area (Å²) in [6.07, 6.45) is 2.74. The first-order valence-corrected chi connectivity index (χ1v) is 11.1. The van der Waals surface area contributed by atoms with Gasteiger partial charge in [0.1, 0.15) is 5.76 Å². The molecule has 1 saturated heterocycles. The van der Waals surface area contributed by atoms with Gasteiger partial charge in [-0.2, -0.15) is 4.31 Å². The molecule has 0 aliphatic carbocycles. The summed E-state index contributed by atoms with van der Waals surface area (Å²) in [7, 11) is -3.26. The largest absolute Gasteiger partial charge is 0.467 e. The molecule has 0 atom stereocenters. The van der Waals surface area contributed by atoms with Crippen molar-refractivity contribution >= 4 is 21.9 Å². The first kappa shape index (κ1) is 21.1. The van der Waals surface area contributed by atoms with Gasteiger partial charge in [-0.15, -0.1) is 0 Å². The van der Waals surface area contributed by atoms with E-state index >= 15 is 0 Å². The van der Waals surface area contributed by atoms with E-state index in [1.54, 1.807) is 18.4 Å². The highest BCUT2D eigenvalue weighted by Gasteiger charge is 2.27. The molecule has 158 valence electrons. The molecular formula is C19H25N3O6S. The lowest BCUT2D eigenvalue weighted by molar-refractivity contribution is -0.135. The third-order valence-corrected chi connectivity index (χ3v) is 6.38. The van der Waals surface area contributed by atoms with Gasteiger partial charge in [0.05, 0.1) is 24.6 Å². The molecule has 0 radical (unpaired) electrons. The minimum Gasteiger partial charge on any atom is -0.467 e. The molecule has 0 N–H and O–H groups in total. The van der Waals surface area contributed by atoms with Crippen molar-refractivity contribution in [1.29, 1.82) is 0 Å². The van der Waals surface area contributed by atoms with Crippen LogP contribution >= 0.6 is 0 Å². The highest BCUT2D eigenvalue weighted by molar-refractivity contribution is 7.88. The summed E-state index contributed by atoms with van der Waals surface area (Å²) in [5.74, 6) is -0.127. The second-order valence-corrected chi connectivity index (χ2v) is 9.05. The predicted molar refractivity (Wildman–Crippen MR) is 105 cm³/mol. The maximum absolute atomic E-state index is 12.5. The Morgan fingerprint density at radius 3 is 2.45 bits per heavy atom. The summed E-state index contributed by atoms with van der Waals surface area (Å²) in [6.45, 7) is 4.88. The summed E-state index contributed by atoms with van der Waals surface area (Å²) >= 11 is 0. The second kappa shape index (κ2) is 8.42. The predicted octanol–water partition coefficient (Wildman–Crippen LogP) is 1.01. The van der Waals surface area contributed by atoms with E-state index in [0.29, 0.717) is 12.1 Å². The Morgan fingerprint density at radius 1 is 1.17 bits per heavy atom. The number of hydrogen-bond donors (Lipinski definition) is 0. The van der Waals surface area contributed by atoms with Gasteiger partial charge < -0.3 is 18.6 Å². The van der Waals surface area contributed by atoms with Crippen LogP contribution in [-0.4, -0.2) is 73.1 Å². The molecule has 3 rings (SSSR count). The van der Waals surface area contributed by atoms with Crippen molar-refractivity contribution in [2.24, 2.45) is 0 Å². The molecule has 3 heterocycles. The number of sulfonamides is 1. The fraction of sp³-hybridized carbons (Fsp3) is 0.474. The van der Waals surface area contributed by atoms with Crippen LogP contribution in [-0.2, 0) is 26.1 Å². The summed E-state index contributed by atoms with van der Waals surface area (Å²) in [4.78, 5) is 26.3. The Balaban J connectivity index is 1.56. The van der Waals surface area contributed by atoms with Gasteiger partial charge in [-0.05, 0) is 32.0 Å². The lowest BCUT2D eigenvalue weighted by Crippen LogP contribution is -2.51. The van der Waals surface area contributed by atoms with E-state index in [1.807, 2.05) is 24.5 Å². The molecule has 0 bridgehead atoms. The number of aryl methyl sites for hydroxylation is 1. The first-order chi connectivity index (χ1) is 13.7. The fourth-order valence-corrected chi connectivity index (χ4v) is 4.20. The van der Waals surface area contributed by atoms with Crippen LogP contribution in [0.2, 0.25) is 0 Å². The number of piperazine rings is 1. The average molecular weight is 423 g/mol. The van der Waals surface area contributed by atoms with Gasteiger partial charge in [0.25, 0.3) is 5.91 Å². The zero-order valence-corrected chi connectivity index (χ0v) is 17.6. The number of carbonyl (C=O) groups excluding carboxylic acids is 2. The minimum absolute atomic E-state index is 0.243. The normalized spacial score (nSPS) is 15.5. The highest BCUT2D eigenvalue weighted by atomic mass is 32.2. The molecule has 0 unspecified atom stereocenters. The number of aromatic nitrogens is 1. The number of hydrogen-bond acceptors (Lipinski definition) is 6. The van der Waals surface area contributed by atoms with Crippen molar-refractivity contribution < 1.29 is 27.2 Å². The Bertz CT molecular complexity index is 986. The van der Waals surface area contributed by atoms with Crippen molar-refractivity contribution in [3.8, 4) is 0 Å². The van der Waals surface area contributed by atoms with Crippen LogP contribution in [0.25, 0.3) is 0 Å². The van der Waals surface area contributed by atoms with Crippen LogP contribution in [0.5, 0.6) is 0 Å². The van der Waals surface area contributed by atoms with E-state index in [4.69, 9.17) is 9.15 Å². The number of ether oxygens (including phenoxy) is 1. The number of carbonyl (C=O) groups is 2. The quantitative estimate of drug-likeness (QED) is 0.643. The van der Waals surface area contributed by atoms with Crippen molar-refractivity contribution in [2.45, 2.75) is 20.4 Å². The molecule has 1 aliphatic rings. The number of furan rings is 1. The zero-order valence-electron chi connectivity index (χ0n) is 16.8. The van der Waals surface area contributed by atoms with Gasteiger partial charge in [0, 0.05) is 37.6 Å². The second-order valence-electron chi connectivity index (χ2n) is 7.07. The van der Waals surface area contributed by atoms with Gasteiger partial charge in [-0.3, -0.25) is 4.79 Å². The summed E-state index contributed by atoms with van der Waals surface area (Å²) in [5.41, 5.74) is 2.02. The number of esters is 1. The maximum atomic E-state index is 12.5. The molecule has 1 amide bonds. The van der Waals surface area contributed by atoms with Gasteiger partial charge in [-0.25, -0.2) is 13.2 Å². The summed E-state index contributed by atoms with van der Waals surface area (Å²) < 4.78 is 36.9. The molecule has 1 fully saturated rings. The maximum Gasteiger partial charge on any atom is 0.340 e. The van der Waals surface area contributed by atoms with Crippen LogP contribution in [0.4, 0.5) is 0 Å². The first-order valence-electron chi connectivity index (χ1n) is 9.26. The molecular weight excluding hydrogens is 398 g/mol. The Labute approximate surface area is 169 Å². The molecule has 2 aromatic rings. The standard InChI is InChI=1S/C19H25N3O6S/c1-14-11-17(15(2)22(14)12-16-5-4-10-27-16)19(24)28-13-18(23)20-6-8-21(9-7-20)29(3,25)26/h4-5,10-11H,6-9,12-13H2,1-3H3. The lowest BCUT2D eigenvalue weighted by Gasteiger charge is -2.33. The van der Waals surface area contributed by atoms with Gasteiger partial charge in [-0.1, -0.05) is 0 Å². The Kier molecular flexibility index (Phi) is 6.13. The van der Waals surface area contributed by atoms with Crippen LogP contribution in [0.15, 0.2) is 28.9 Å². The highest BCUT2D eigenvalue weighted by Crippen LogP contribution is 2.18. The van der Waals surface area contributed by atoms with Gasteiger partial charge in [0.15, 0.2) is 6.61 Å². The SMILES string of the molecule is Cc1cc(C(=O)OCC(=O)N2CCN(S(C)(=O)=O)CC2)c(C)n1Cc1ccco1. The van der Waals surface area contributed by atoms with Crippen LogP contribution in [0, 0.1) is 13.8 Å². The van der Waals surface area contributed by atoms with Crippen LogP contribution in [0.1, 0.15) is 27.5 Å². The van der Waals surface area contributed by atoms with E-state index in [0.717, 1.165) is 23.4 Å². The molecule has 29 heavy (non-hydrogen) atoms. The lowest BCUT2D eigenvalue weighted by atomic mass is 10.2. The Morgan fingerprint density at radius 2 is 1.86 bits per heavy atom. The summed E-state index contributed by atoms with van der Waals surface area (Å²) in [5, 5.41) is 0. The fourth-order valence-electron chi connectivity index (χ4n) is 3.37. The minimum atomic E-state index is -3.26. The van der Waals surface area contributed by atoms with Gasteiger partial charge in [0.2, 0.25) is 10.0 Å². The average Bonchev–Trinajstić information content (AvgIpc) is 3.29. The molecule has 0 saturated carbocycles. The molecule has 0 aromatic carbocycles. The van der Waals surface area contributed by atoms with E-state index in [1.165, 1.54) is 9.21 Å². The van der Waals surface area contributed by atoms with Crippen LogP contribution in [0.3, 0.4) is 0 Å². The molecule has 2 aromatic heterocycles. The van der Waals surface area contributed by atoms with Crippen LogP contribution < -0.4 is 0 Å². The third kappa shape index (κ3) is 4.88. The van der Waals surface area contributed by atoms with E-state index in [9.17, 15) is 18.0 Å². The molecule has 1 aliphatic heterocycles. The van der Waals surface area contributed by atoms with Crippen molar-refractivity contribution in [2.75, 3.05) is 39.0 Å². The van der Waals surface area contributed by atoms with E-state index < -0.39 is 16.0 Å². The Hall–Kier alpha value is -2.59. The zero-order chi connectivity index (χ0) is 21.2.